The van der Waals surface area contributed by atoms with Gasteiger partial charge < -0.3 is 15.0 Å². The maximum Gasteiger partial charge on any atom is 0.243 e. The molecular formula is C27H35ClN2O3S. The van der Waals surface area contributed by atoms with E-state index in [0.717, 1.165) is 42.6 Å². The van der Waals surface area contributed by atoms with E-state index < -0.39 is 6.04 Å². The van der Waals surface area contributed by atoms with Gasteiger partial charge in [-0.25, -0.2) is 0 Å². The fourth-order valence-corrected chi connectivity index (χ4v) is 5.57. The van der Waals surface area contributed by atoms with Crippen molar-refractivity contribution in [3.05, 3.63) is 64.7 Å². The van der Waals surface area contributed by atoms with E-state index in [2.05, 4.69) is 5.32 Å². The summed E-state index contributed by atoms with van der Waals surface area (Å²) in [5.41, 5.74) is 1.94. The van der Waals surface area contributed by atoms with Crippen LogP contribution >= 0.6 is 23.4 Å². The molecule has 2 aromatic carbocycles. The maximum atomic E-state index is 13.4. The van der Waals surface area contributed by atoms with E-state index in [4.69, 9.17) is 16.3 Å². The van der Waals surface area contributed by atoms with E-state index >= 15 is 0 Å². The fourth-order valence-electron chi connectivity index (χ4n) is 4.38. The van der Waals surface area contributed by atoms with E-state index in [9.17, 15) is 9.59 Å². The lowest BCUT2D eigenvalue weighted by Gasteiger charge is -2.33. The van der Waals surface area contributed by atoms with Crippen LogP contribution in [0.2, 0.25) is 5.02 Å². The van der Waals surface area contributed by atoms with Crippen molar-refractivity contribution in [2.75, 3.05) is 12.9 Å². The number of rotatable bonds is 11. The maximum absolute atomic E-state index is 13.4. The number of hydrogen-bond donors (Lipinski definition) is 1. The Balaban J connectivity index is 1.72. The lowest BCUT2D eigenvalue weighted by atomic mass is 9.95. The number of methoxy groups -OCH3 is 1. The van der Waals surface area contributed by atoms with Gasteiger partial charge in [-0.15, -0.1) is 11.8 Å². The van der Waals surface area contributed by atoms with Crippen molar-refractivity contribution in [3.8, 4) is 5.75 Å². The Morgan fingerprint density at radius 1 is 1.15 bits per heavy atom. The van der Waals surface area contributed by atoms with Gasteiger partial charge in [0.1, 0.15) is 11.8 Å². The van der Waals surface area contributed by atoms with Crippen LogP contribution in [0.3, 0.4) is 0 Å². The lowest BCUT2D eigenvalue weighted by Crippen LogP contribution is -2.52. The molecule has 0 spiro atoms. The second-order valence-electron chi connectivity index (χ2n) is 8.72. The summed E-state index contributed by atoms with van der Waals surface area (Å²) in [7, 11) is 1.62. The molecule has 1 aliphatic rings. The molecule has 0 aromatic heterocycles. The number of ether oxygens (including phenoxy) is 1. The number of nitrogens with zero attached hydrogens (tertiary/aromatic N) is 1. The fraction of sp³-hybridized carbons (Fsp3) is 0.481. The average molecular weight is 503 g/mol. The molecule has 2 amide bonds. The molecule has 2 aromatic rings. The van der Waals surface area contributed by atoms with Crippen LogP contribution in [0.15, 0.2) is 48.5 Å². The Kier molecular flexibility index (Phi) is 10.6. The Morgan fingerprint density at radius 3 is 2.62 bits per heavy atom. The third-order valence-corrected chi connectivity index (χ3v) is 7.60. The Labute approximate surface area is 212 Å². The van der Waals surface area contributed by atoms with Crippen LogP contribution in [0.1, 0.15) is 56.6 Å². The van der Waals surface area contributed by atoms with Gasteiger partial charge in [-0.1, -0.05) is 68.1 Å². The third-order valence-electron chi connectivity index (χ3n) is 6.27. The third kappa shape index (κ3) is 7.67. The molecule has 0 unspecified atom stereocenters. The first-order valence-electron chi connectivity index (χ1n) is 12.1. The first-order valence-corrected chi connectivity index (χ1v) is 13.6. The predicted octanol–water partition coefficient (Wildman–Crippen LogP) is 5.84. The molecule has 34 heavy (non-hydrogen) atoms. The molecule has 0 bridgehead atoms. The van der Waals surface area contributed by atoms with Gasteiger partial charge in [0.25, 0.3) is 0 Å². The van der Waals surface area contributed by atoms with E-state index in [1.54, 1.807) is 12.0 Å². The highest BCUT2D eigenvalue weighted by Gasteiger charge is 2.30. The minimum atomic E-state index is -0.512. The lowest BCUT2D eigenvalue weighted by molar-refractivity contribution is -0.139. The first kappa shape index (κ1) is 26.4. The number of thioether (sulfide) groups is 1. The van der Waals surface area contributed by atoms with Crippen molar-refractivity contribution in [3.63, 3.8) is 0 Å². The molecule has 7 heteroatoms. The van der Waals surface area contributed by atoms with Crippen LogP contribution in [-0.4, -0.2) is 41.7 Å². The summed E-state index contributed by atoms with van der Waals surface area (Å²) < 4.78 is 5.36. The van der Waals surface area contributed by atoms with Crippen LogP contribution in [0, 0.1) is 0 Å². The van der Waals surface area contributed by atoms with Crippen LogP contribution in [0.4, 0.5) is 0 Å². The van der Waals surface area contributed by atoms with Crippen molar-refractivity contribution in [2.45, 2.75) is 69.8 Å². The number of benzene rings is 2. The smallest absolute Gasteiger partial charge is 0.243 e. The van der Waals surface area contributed by atoms with Gasteiger partial charge in [0.2, 0.25) is 11.8 Å². The van der Waals surface area contributed by atoms with Gasteiger partial charge in [-0.05, 0) is 48.6 Å². The number of hydrogen-bond acceptors (Lipinski definition) is 4. The molecule has 3 rings (SSSR count). The summed E-state index contributed by atoms with van der Waals surface area (Å²) in [6.45, 7) is 2.33. The van der Waals surface area contributed by atoms with E-state index in [-0.39, 0.29) is 23.6 Å². The highest BCUT2D eigenvalue weighted by Crippen LogP contribution is 2.23. The van der Waals surface area contributed by atoms with Gasteiger partial charge >= 0.3 is 0 Å². The van der Waals surface area contributed by atoms with E-state index in [1.807, 2.05) is 55.5 Å². The van der Waals surface area contributed by atoms with Gasteiger partial charge in [0.05, 0.1) is 12.9 Å². The molecule has 1 atom stereocenters. The molecule has 0 heterocycles. The monoisotopic (exact) mass is 502 g/mol. The minimum Gasteiger partial charge on any atom is -0.497 e. The van der Waals surface area contributed by atoms with E-state index in [1.165, 1.54) is 18.2 Å². The Morgan fingerprint density at radius 2 is 1.91 bits per heavy atom. The molecule has 0 saturated heterocycles. The Bertz CT molecular complexity index is 949. The molecule has 1 saturated carbocycles. The molecule has 5 nitrogen and oxygen atoms in total. The topological polar surface area (TPSA) is 58.6 Å². The Hall–Kier alpha value is -2.18. The van der Waals surface area contributed by atoms with Crippen LogP contribution in [-0.2, 0) is 21.9 Å². The predicted molar refractivity (Wildman–Crippen MR) is 140 cm³/mol. The number of nitrogens with one attached hydrogen (secondary N) is 1. The second kappa shape index (κ2) is 13.6. The van der Waals surface area contributed by atoms with Crippen molar-refractivity contribution in [1.82, 2.24) is 10.2 Å². The molecule has 1 aliphatic carbocycles. The van der Waals surface area contributed by atoms with Crippen molar-refractivity contribution in [2.24, 2.45) is 0 Å². The van der Waals surface area contributed by atoms with Crippen LogP contribution < -0.4 is 10.1 Å². The molecule has 184 valence electrons. The average Bonchev–Trinajstić information content (AvgIpc) is 2.85. The highest BCUT2D eigenvalue weighted by atomic mass is 35.5. The highest BCUT2D eigenvalue weighted by molar-refractivity contribution is 7.99. The largest absolute Gasteiger partial charge is 0.497 e. The van der Waals surface area contributed by atoms with Gasteiger partial charge in [0, 0.05) is 23.4 Å². The molecule has 0 aliphatic heterocycles. The molecule has 0 radical (unpaired) electrons. The zero-order chi connectivity index (χ0) is 24.3. The van der Waals surface area contributed by atoms with Crippen molar-refractivity contribution >= 4 is 35.2 Å². The number of halogens is 1. The minimum absolute atomic E-state index is 0.0504. The number of carbonyl (C=O) groups is 2. The van der Waals surface area contributed by atoms with Crippen LogP contribution in [0.5, 0.6) is 5.75 Å². The SMILES string of the molecule is CC[C@@H](C(=O)NC1CCCCC1)N(Cc1cccc(OC)c1)C(=O)CSCc1ccccc1Cl. The summed E-state index contributed by atoms with van der Waals surface area (Å²) in [5, 5.41) is 3.92. The first-order chi connectivity index (χ1) is 16.5. The van der Waals surface area contributed by atoms with Gasteiger partial charge in [-0.2, -0.15) is 0 Å². The number of amides is 2. The molecule has 1 N–H and O–H groups in total. The summed E-state index contributed by atoms with van der Waals surface area (Å²) in [6, 6.07) is 15.0. The normalized spacial score (nSPS) is 14.9. The summed E-state index contributed by atoms with van der Waals surface area (Å²) in [6.07, 6.45) is 6.11. The van der Waals surface area contributed by atoms with Crippen molar-refractivity contribution < 1.29 is 14.3 Å². The van der Waals surface area contributed by atoms with Gasteiger partial charge in [-0.3, -0.25) is 9.59 Å². The zero-order valence-electron chi connectivity index (χ0n) is 20.1. The standard InChI is InChI=1S/C27H35ClN2O3S/c1-3-25(27(32)29-22-12-5-4-6-13-22)30(17-20-10-9-14-23(16-20)33-2)26(31)19-34-18-21-11-7-8-15-24(21)28/h7-11,14-16,22,25H,3-6,12-13,17-19H2,1-2H3,(H,29,32)/t25-/m0/s1. The second-order valence-corrected chi connectivity index (χ2v) is 10.1. The van der Waals surface area contributed by atoms with Crippen molar-refractivity contribution in [1.29, 1.82) is 0 Å². The number of carbonyl (C=O) groups excluding carboxylic acids is 2. The molecular weight excluding hydrogens is 468 g/mol. The summed E-state index contributed by atoms with van der Waals surface area (Å²) >= 11 is 7.79. The summed E-state index contributed by atoms with van der Waals surface area (Å²) in [5.74, 6) is 1.55. The van der Waals surface area contributed by atoms with E-state index in [0.29, 0.717) is 23.7 Å². The van der Waals surface area contributed by atoms with Crippen LogP contribution in [0.25, 0.3) is 0 Å². The van der Waals surface area contributed by atoms with Gasteiger partial charge in [0.15, 0.2) is 0 Å². The molecule has 1 fully saturated rings. The zero-order valence-corrected chi connectivity index (χ0v) is 21.7. The quantitative estimate of drug-likeness (QED) is 0.419. The summed E-state index contributed by atoms with van der Waals surface area (Å²) in [4.78, 5) is 28.5.